The zero-order chi connectivity index (χ0) is 20.6. The largest absolute Gasteiger partial charge is 0.494 e. The summed E-state index contributed by atoms with van der Waals surface area (Å²) in [6.07, 6.45) is 0.987. The molecule has 0 spiro atoms. The van der Waals surface area contributed by atoms with Gasteiger partial charge in [-0.25, -0.2) is 0 Å². The van der Waals surface area contributed by atoms with Gasteiger partial charge in [0.25, 0.3) is 0 Å². The zero-order valence-corrected chi connectivity index (χ0v) is 17.8. The summed E-state index contributed by atoms with van der Waals surface area (Å²) in [6.45, 7) is 4.56. The lowest BCUT2D eigenvalue weighted by molar-refractivity contribution is -0.122. The molecule has 1 aliphatic heterocycles. The number of carbonyl (C=O) groups is 2. The molecule has 2 N–H and O–H groups in total. The van der Waals surface area contributed by atoms with E-state index in [1.807, 2.05) is 31.4 Å². The first-order valence-electron chi connectivity index (χ1n) is 9.21. The van der Waals surface area contributed by atoms with Crippen LogP contribution in [0.1, 0.15) is 31.6 Å². The maximum Gasteiger partial charge on any atom is 0.240 e. The van der Waals surface area contributed by atoms with Gasteiger partial charge in [0.05, 0.1) is 17.2 Å². The molecule has 2 amide bonds. The zero-order valence-electron chi connectivity index (χ0n) is 16.2. The highest BCUT2D eigenvalue weighted by atomic mass is 32.2. The third-order valence-electron chi connectivity index (χ3n) is 3.93. The number of nitrogens with zero attached hydrogens (tertiary/aromatic N) is 2. The van der Waals surface area contributed by atoms with Crippen molar-refractivity contribution < 1.29 is 14.3 Å². The Morgan fingerprint density at radius 1 is 1.28 bits per heavy atom. The van der Waals surface area contributed by atoms with Crippen LogP contribution in [-0.2, 0) is 9.59 Å². The van der Waals surface area contributed by atoms with Gasteiger partial charge in [-0.3, -0.25) is 9.59 Å². The number of thiophene rings is 1. The van der Waals surface area contributed by atoms with Gasteiger partial charge in [-0.1, -0.05) is 24.8 Å². The van der Waals surface area contributed by atoms with Crippen LogP contribution in [0.15, 0.2) is 52.0 Å². The van der Waals surface area contributed by atoms with Gasteiger partial charge in [-0.05, 0) is 49.1 Å². The van der Waals surface area contributed by atoms with E-state index in [1.165, 1.54) is 11.8 Å². The number of amidine groups is 1. The number of hydrogen-bond donors (Lipinski definition) is 2. The molecule has 9 heteroatoms. The molecule has 0 radical (unpaired) electrons. The van der Waals surface area contributed by atoms with Crippen molar-refractivity contribution in [3.05, 3.63) is 46.7 Å². The Balaban J connectivity index is 1.52. The van der Waals surface area contributed by atoms with Crippen LogP contribution in [0.2, 0.25) is 0 Å². The monoisotopic (exact) mass is 430 g/mol. The molecule has 1 atom stereocenters. The van der Waals surface area contributed by atoms with Crippen LogP contribution in [0, 0.1) is 0 Å². The summed E-state index contributed by atoms with van der Waals surface area (Å²) in [6, 6.07) is 11.1. The molecule has 1 aromatic carbocycles. The number of hydrogen-bond acceptors (Lipinski definition) is 7. The van der Waals surface area contributed by atoms with Crippen LogP contribution in [0.5, 0.6) is 5.75 Å². The van der Waals surface area contributed by atoms with Crippen LogP contribution in [0.3, 0.4) is 0 Å². The van der Waals surface area contributed by atoms with Gasteiger partial charge in [-0.15, -0.1) is 16.4 Å². The molecule has 3 rings (SSSR count). The topological polar surface area (TPSA) is 92.2 Å². The highest BCUT2D eigenvalue weighted by molar-refractivity contribution is 8.15. The van der Waals surface area contributed by atoms with Crippen molar-refractivity contribution in [2.75, 3.05) is 11.9 Å². The van der Waals surface area contributed by atoms with Crippen molar-refractivity contribution >= 4 is 51.5 Å². The van der Waals surface area contributed by atoms with Crippen LogP contribution < -0.4 is 15.4 Å². The molecule has 0 unspecified atom stereocenters. The Bertz CT molecular complexity index is 908. The van der Waals surface area contributed by atoms with Crippen molar-refractivity contribution in [3.63, 3.8) is 0 Å². The summed E-state index contributed by atoms with van der Waals surface area (Å²) in [5.74, 6) is 0.283. The van der Waals surface area contributed by atoms with Gasteiger partial charge < -0.3 is 15.4 Å². The second-order valence-corrected chi connectivity index (χ2v) is 8.43. The summed E-state index contributed by atoms with van der Waals surface area (Å²) in [7, 11) is 0. The summed E-state index contributed by atoms with van der Waals surface area (Å²) < 4.78 is 5.52. The van der Waals surface area contributed by atoms with Crippen LogP contribution >= 0.6 is 23.1 Å². The fraction of sp³-hybridized carbons (Fsp3) is 0.300. The van der Waals surface area contributed by atoms with E-state index in [0.29, 0.717) is 17.5 Å². The summed E-state index contributed by atoms with van der Waals surface area (Å²) in [4.78, 5) is 25.5. The average Bonchev–Trinajstić information content (AvgIpc) is 3.36. The molecule has 0 saturated carbocycles. The predicted octanol–water partition coefficient (Wildman–Crippen LogP) is 3.88. The maximum atomic E-state index is 12.3. The van der Waals surface area contributed by atoms with Crippen molar-refractivity contribution in [2.24, 2.45) is 10.2 Å². The average molecular weight is 431 g/mol. The number of amides is 2. The molecule has 7 nitrogen and oxygen atoms in total. The third-order valence-corrected chi connectivity index (χ3v) is 5.98. The van der Waals surface area contributed by atoms with Gasteiger partial charge in [0.2, 0.25) is 11.8 Å². The Kier molecular flexibility index (Phi) is 7.42. The Morgan fingerprint density at radius 3 is 2.76 bits per heavy atom. The van der Waals surface area contributed by atoms with Crippen LogP contribution in [-0.4, -0.2) is 34.6 Å². The standard InChI is InChI=1S/C20H22N4O3S2/c1-3-10-27-15-8-6-14(7-9-15)21-18(25)12-17-19(26)22-20(29-17)24-23-13(2)16-5-4-11-28-16/h4-9,11,17H,3,10,12H2,1-2H3,(H,21,25)(H,22,24,26)/b23-13-/t17-/m0/s1. The highest BCUT2D eigenvalue weighted by Gasteiger charge is 2.32. The lowest BCUT2D eigenvalue weighted by Gasteiger charge is -2.09. The lowest BCUT2D eigenvalue weighted by atomic mass is 10.2. The second-order valence-electron chi connectivity index (χ2n) is 6.29. The fourth-order valence-electron chi connectivity index (χ4n) is 2.48. The molecule has 1 fully saturated rings. The maximum absolute atomic E-state index is 12.3. The van der Waals surface area contributed by atoms with Gasteiger partial charge in [-0.2, -0.15) is 5.10 Å². The molecular weight excluding hydrogens is 408 g/mol. The smallest absolute Gasteiger partial charge is 0.240 e. The molecule has 2 aromatic rings. The molecular formula is C20H22N4O3S2. The molecule has 152 valence electrons. The van der Waals surface area contributed by atoms with E-state index >= 15 is 0 Å². The van der Waals surface area contributed by atoms with E-state index in [2.05, 4.69) is 20.8 Å². The minimum atomic E-state index is -0.529. The van der Waals surface area contributed by atoms with Crippen molar-refractivity contribution in [1.29, 1.82) is 0 Å². The minimum Gasteiger partial charge on any atom is -0.494 e. The van der Waals surface area contributed by atoms with Crippen LogP contribution in [0.25, 0.3) is 0 Å². The number of carbonyl (C=O) groups excluding carboxylic acids is 2. The number of thioether (sulfide) groups is 1. The van der Waals surface area contributed by atoms with Crippen LogP contribution in [0.4, 0.5) is 5.69 Å². The van der Waals surface area contributed by atoms with Gasteiger partial charge >= 0.3 is 0 Å². The van der Waals surface area contributed by atoms with Gasteiger partial charge in [0.15, 0.2) is 5.17 Å². The molecule has 29 heavy (non-hydrogen) atoms. The van der Waals surface area contributed by atoms with E-state index < -0.39 is 5.25 Å². The third kappa shape index (κ3) is 6.16. The Hall–Kier alpha value is -2.65. The number of rotatable bonds is 8. The normalized spacial score (nSPS) is 18.0. The van der Waals surface area contributed by atoms with Crippen molar-refractivity contribution in [3.8, 4) is 5.75 Å². The molecule has 0 aliphatic carbocycles. The molecule has 1 aromatic heterocycles. The molecule has 1 aliphatic rings. The summed E-state index contributed by atoms with van der Waals surface area (Å²) in [5, 5.41) is 15.6. The quantitative estimate of drug-likeness (QED) is 0.491. The van der Waals surface area contributed by atoms with Gasteiger partial charge in [0, 0.05) is 12.1 Å². The number of nitrogens with one attached hydrogen (secondary N) is 2. The van der Waals surface area contributed by atoms with E-state index in [0.717, 1.165) is 22.8 Å². The SMILES string of the molecule is CCCOc1ccc(NC(=O)C[C@@H]2S/C(=N\N=C(\C)c3cccs3)NC2=O)cc1. The van der Waals surface area contributed by atoms with E-state index in [-0.39, 0.29) is 18.2 Å². The van der Waals surface area contributed by atoms with E-state index in [4.69, 9.17) is 4.74 Å². The first kappa shape index (κ1) is 21.1. The lowest BCUT2D eigenvalue weighted by Crippen LogP contribution is -2.28. The first-order valence-corrected chi connectivity index (χ1v) is 11.0. The van der Waals surface area contributed by atoms with Crippen molar-refractivity contribution in [1.82, 2.24) is 5.32 Å². The molecule has 1 saturated heterocycles. The number of benzene rings is 1. The Morgan fingerprint density at radius 2 is 2.07 bits per heavy atom. The summed E-state index contributed by atoms with van der Waals surface area (Å²) in [5.41, 5.74) is 1.43. The Labute approximate surface area is 177 Å². The fourth-order valence-corrected chi connectivity index (χ4v) is 4.07. The first-order chi connectivity index (χ1) is 14.0. The van der Waals surface area contributed by atoms with E-state index in [1.54, 1.807) is 35.6 Å². The van der Waals surface area contributed by atoms with Crippen molar-refractivity contribution in [2.45, 2.75) is 31.9 Å². The minimum absolute atomic E-state index is 0.0528. The highest BCUT2D eigenvalue weighted by Crippen LogP contribution is 2.24. The molecule has 0 bridgehead atoms. The number of ether oxygens (including phenoxy) is 1. The predicted molar refractivity (Wildman–Crippen MR) is 119 cm³/mol. The molecule has 2 heterocycles. The van der Waals surface area contributed by atoms with E-state index in [9.17, 15) is 9.59 Å². The van der Waals surface area contributed by atoms with Gasteiger partial charge in [0.1, 0.15) is 11.0 Å². The second kappa shape index (κ2) is 10.2. The number of anilines is 1. The summed E-state index contributed by atoms with van der Waals surface area (Å²) >= 11 is 2.79.